The summed E-state index contributed by atoms with van der Waals surface area (Å²) in [5.74, 6) is 2.07. The highest BCUT2D eigenvalue weighted by molar-refractivity contribution is 7.99. The molecule has 23 heavy (non-hydrogen) atoms. The van der Waals surface area contributed by atoms with Gasteiger partial charge in [0.2, 0.25) is 0 Å². The molecule has 0 amide bonds. The van der Waals surface area contributed by atoms with E-state index in [2.05, 4.69) is 19.9 Å². The van der Waals surface area contributed by atoms with Crippen LogP contribution in [-0.4, -0.2) is 57.5 Å². The third kappa shape index (κ3) is 2.97. The molecule has 4 rings (SSSR count). The van der Waals surface area contributed by atoms with Crippen LogP contribution in [0.1, 0.15) is 32.1 Å². The fourth-order valence-electron chi connectivity index (χ4n) is 4.62. The number of piperidine rings is 2. The number of nitrogens with zero attached hydrogens (tertiary/aromatic N) is 4. The van der Waals surface area contributed by atoms with Crippen molar-refractivity contribution in [3.8, 4) is 0 Å². The first-order valence-electron chi connectivity index (χ1n) is 8.51. The number of hydrogen-bond acceptors (Lipinski definition) is 6. The number of rotatable bonds is 2. The molecule has 8 heteroatoms. The van der Waals surface area contributed by atoms with Gasteiger partial charge in [-0.1, -0.05) is 18.0 Å². The molecule has 3 aliphatic rings. The Morgan fingerprint density at radius 2 is 2.00 bits per heavy atom. The number of aromatic nitrogens is 2. The SMILES string of the molecule is CB(O)N1C2CCC[C@@H]1C[C@@H](N1CCSc3cc(Cl)nnc31)C2. The summed E-state index contributed by atoms with van der Waals surface area (Å²) in [6.07, 6.45) is 5.89. The molecule has 1 aromatic heterocycles. The molecule has 1 N–H and O–H groups in total. The molecule has 2 fully saturated rings. The van der Waals surface area contributed by atoms with Gasteiger partial charge in [0.1, 0.15) is 0 Å². The summed E-state index contributed by atoms with van der Waals surface area (Å²) < 4.78 is 0. The zero-order valence-corrected chi connectivity index (χ0v) is 14.9. The average Bonchev–Trinajstić information content (AvgIpc) is 2.52. The van der Waals surface area contributed by atoms with Gasteiger partial charge in [0.05, 0.1) is 4.90 Å². The minimum absolute atomic E-state index is 0.339. The molecule has 0 radical (unpaired) electrons. The quantitative estimate of drug-likeness (QED) is 0.826. The molecule has 124 valence electrons. The second-order valence-corrected chi connectivity index (χ2v) is 8.36. The summed E-state index contributed by atoms with van der Waals surface area (Å²) in [7, 11) is -0.339. The summed E-state index contributed by atoms with van der Waals surface area (Å²) in [4.78, 5) is 5.94. The first kappa shape index (κ1) is 16.0. The lowest BCUT2D eigenvalue weighted by molar-refractivity contribution is 0.0896. The Hall–Kier alpha value is -0.495. The predicted octanol–water partition coefficient (Wildman–Crippen LogP) is 2.54. The van der Waals surface area contributed by atoms with Crippen LogP contribution in [0.5, 0.6) is 0 Å². The predicted molar refractivity (Wildman–Crippen MR) is 95.2 cm³/mol. The highest BCUT2D eigenvalue weighted by Gasteiger charge is 2.43. The van der Waals surface area contributed by atoms with E-state index < -0.39 is 0 Å². The van der Waals surface area contributed by atoms with Crippen LogP contribution < -0.4 is 4.90 Å². The smallest absolute Gasteiger partial charge is 0.376 e. The summed E-state index contributed by atoms with van der Waals surface area (Å²) in [5, 5.41) is 19.1. The van der Waals surface area contributed by atoms with Gasteiger partial charge in [-0.25, -0.2) is 0 Å². The van der Waals surface area contributed by atoms with Gasteiger partial charge < -0.3 is 14.7 Å². The molecule has 1 aromatic rings. The van der Waals surface area contributed by atoms with Crippen molar-refractivity contribution in [2.24, 2.45) is 0 Å². The maximum absolute atomic E-state index is 10.1. The standard InChI is InChI=1S/C15H22BClN4OS/c1-16(22)21-10-3-2-4-11(21)8-12(7-10)20-5-6-23-13-9-14(17)18-19-15(13)20/h9-12,22H,2-8H2,1H3/t10-,11?,12-/m1/s1. The van der Waals surface area contributed by atoms with Gasteiger partial charge >= 0.3 is 7.05 Å². The van der Waals surface area contributed by atoms with E-state index in [1.165, 1.54) is 19.3 Å². The molecule has 0 aromatic carbocycles. The molecule has 2 bridgehead atoms. The zero-order chi connectivity index (χ0) is 16.0. The highest BCUT2D eigenvalue weighted by Crippen LogP contribution is 2.41. The molecule has 3 atom stereocenters. The molecular formula is C15H22BClN4OS. The topological polar surface area (TPSA) is 52.5 Å². The Balaban J connectivity index is 1.59. The molecule has 0 saturated carbocycles. The molecular weight excluding hydrogens is 331 g/mol. The Morgan fingerprint density at radius 3 is 2.70 bits per heavy atom. The molecule has 1 unspecified atom stereocenters. The van der Waals surface area contributed by atoms with E-state index in [0.29, 0.717) is 23.3 Å². The Morgan fingerprint density at radius 1 is 1.26 bits per heavy atom. The molecule has 4 heterocycles. The minimum atomic E-state index is -0.339. The Labute approximate surface area is 146 Å². The van der Waals surface area contributed by atoms with Crippen LogP contribution in [0.25, 0.3) is 0 Å². The van der Waals surface area contributed by atoms with Crippen LogP contribution in [0.4, 0.5) is 5.82 Å². The van der Waals surface area contributed by atoms with Gasteiger partial charge in [-0.15, -0.1) is 22.0 Å². The zero-order valence-electron chi connectivity index (χ0n) is 13.4. The lowest BCUT2D eigenvalue weighted by Crippen LogP contribution is -2.61. The first-order chi connectivity index (χ1) is 11.1. The second-order valence-electron chi connectivity index (χ2n) is 6.84. The Bertz CT molecular complexity index is 579. The summed E-state index contributed by atoms with van der Waals surface area (Å²) in [5.41, 5.74) is 0. The second kappa shape index (κ2) is 6.43. The maximum atomic E-state index is 10.1. The summed E-state index contributed by atoms with van der Waals surface area (Å²) in [6.45, 7) is 2.93. The lowest BCUT2D eigenvalue weighted by atomic mass is 9.71. The van der Waals surface area contributed by atoms with Crippen molar-refractivity contribution < 1.29 is 5.02 Å². The van der Waals surface area contributed by atoms with Crippen molar-refractivity contribution in [1.82, 2.24) is 15.0 Å². The van der Waals surface area contributed by atoms with E-state index in [9.17, 15) is 5.02 Å². The number of thioether (sulfide) groups is 1. The van der Waals surface area contributed by atoms with Crippen LogP contribution in [0.15, 0.2) is 11.0 Å². The first-order valence-corrected chi connectivity index (χ1v) is 9.88. The van der Waals surface area contributed by atoms with Crippen molar-refractivity contribution in [1.29, 1.82) is 0 Å². The minimum Gasteiger partial charge on any atom is -0.437 e. The van der Waals surface area contributed by atoms with Crippen molar-refractivity contribution in [3.05, 3.63) is 11.2 Å². The number of hydrogen-bond donors (Lipinski definition) is 1. The fourth-order valence-corrected chi connectivity index (χ4v) is 5.82. The van der Waals surface area contributed by atoms with Gasteiger partial charge in [0.25, 0.3) is 0 Å². The molecule has 5 nitrogen and oxygen atoms in total. The van der Waals surface area contributed by atoms with Crippen molar-refractivity contribution in [2.45, 2.75) is 61.9 Å². The van der Waals surface area contributed by atoms with E-state index in [-0.39, 0.29) is 7.05 Å². The van der Waals surface area contributed by atoms with Crippen LogP contribution in [-0.2, 0) is 0 Å². The van der Waals surface area contributed by atoms with Gasteiger partial charge in [-0.3, -0.25) is 0 Å². The number of halogens is 1. The number of anilines is 1. The van der Waals surface area contributed by atoms with Crippen molar-refractivity contribution in [3.63, 3.8) is 0 Å². The van der Waals surface area contributed by atoms with Crippen LogP contribution >= 0.6 is 23.4 Å². The van der Waals surface area contributed by atoms with E-state index in [1.54, 1.807) is 0 Å². The van der Waals surface area contributed by atoms with Crippen molar-refractivity contribution >= 4 is 36.2 Å². The fraction of sp³-hybridized carbons (Fsp3) is 0.733. The summed E-state index contributed by atoms with van der Waals surface area (Å²) in [6, 6.07) is 3.42. The molecule has 3 aliphatic heterocycles. The van der Waals surface area contributed by atoms with E-state index in [1.807, 2.05) is 24.7 Å². The highest BCUT2D eigenvalue weighted by atomic mass is 35.5. The largest absolute Gasteiger partial charge is 0.437 e. The van der Waals surface area contributed by atoms with Gasteiger partial charge in [0.15, 0.2) is 11.0 Å². The van der Waals surface area contributed by atoms with Gasteiger partial charge in [-0.2, -0.15) is 0 Å². The molecule has 0 spiro atoms. The number of fused-ring (bicyclic) bond motifs is 3. The average molecular weight is 353 g/mol. The van der Waals surface area contributed by atoms with Crippen LogP contribution in [0.3, 0.4) is 0 Å². The lowest BCUT2D eigenvalue weighted by Gasteiger charge is -2.52. The normalized spacial score (nSPS) is 30.9. The third-order valence-electron chi connectivity index (χ3n) is 5.45. The van der Waals surface area contributed by atoms with E-state index >= 15 is 0 Å². The van der Waals surface area contributed by atoms with E-state index in [4.69, 9.17) is 11.6 Å². The van der Waals surface area contributed by atoms with Crippen LogP contribution in [0, 0.1) is 0 Å². The van der Waals surface area contributed by atoms with Gasteiger partial charge in [0, 0.05) is 30.4 Å². The van der Waals surface area contributed by atoms with Crippen LogP contribution in [0.2, 0.25) is 12.0 Å². The molecule has 2 saturated heterocycles. The summed E-state index contributed by atoms with van der Waals surface area (Å²) >= 11 is 7.82. The monoisotopic (exact) mass is 352 g/mol. The van der Waals surface area contributed by atoms with Crippen molar-refractivity contribution in [2.75, 3.05) is 17.2 Å². The third-order valence-corrected chi connectivity index (χ3v) is 6.63. The van der Waals surface area contributed by atoms with E-state index in [0.717, 1.165) is 35.9 Å². The van der Waals surface area contributed by atoms with Gasteiger partial charge in [-0.05, 0) is 38.6 Å². The molecule has 0 aliphatic carbocycles. The Kier molecular flexibility index (Phi) is 4.47. The maximum Gasteiger partial charge on any atom is 0.376 e.